The quantitative estimate of drug-likeness (QED) is 0.207. The minimum Gasteiger partial charge on any atom is -0.475 e. The number of carbonyl (C=O) groups is 2. The lowest BCUT2D eigenvalue weighted by Crippen LogP contribution is -2.53. The first-order valence-corrected chi connectivity index (χ1v) is 12.7. The maximum atomic E-state index is 14.3. The Labute approximate surface area is 247 Å². The van der Waals surface area contributed by atoms with Gasteiger partial charge in [-0.05, 0) is 36.8 Å². The second kappa shape index (κ2) is 12.8. The normalized spacial score (nSPS) is 16.9. The largest absolute Gasteiger partial charge is 0.490 e. The standard InChI is InChI=1S/C24H20F5N7O2.C2HF3O2/c25-16-2-1-3-17(26)21(16)18-5-4-15-9-31-22(36(15)34-18)33-19-10-30-7-6-20(19)35-11-13(24(27,28)29)8-14(12-35)32-23(37)38;3-2(4,5)1(6)7/h1-7,9-10,13-14,32H,8,11-12H2,(H,31,33)(H,37,38);(H,6,7)/t13-,14-;/m0./s1. The van der Waals surface area contributed by atoms with Crippen LogP contribution in [0.4, 0.5) is 57.2 Å². The van der Waals surface area contributed by atoms with E-state index in [-0.39, 0.29) is 35.9 Å². The highest BCUT2D eigenvalue weighted by Gasteiger charge is 2.45. The molecule has 2 atom stereocenters. The number of pyridine rings is 1. The molecular formula is C26H21F8N7O4. The number of aliphatic carboxylic acids is 1. The van der Waals surface area contributed by atoms with Crippen LogP contribution in [-0.2, 0) is 4.79 Å². The molecule has 4 heterocycles. The van der Waals surface area contributed by atoms with Gasteiger partial charge >= 0.3 is 24.4 Å². The molecule has 0 aliphatic carbocycles. The van der Waals surface area contributed by atoms with Crippen LogP contribution in [-0.4, -0.2) is 73.3 Å². The fourth-order valence-electron chi connectivity index (χ4n) is 4.54. The number of carboxylic acids is 1. The monoisotopic (exact) mass is 647 g/mol. The van der Waals surface area contributed by atoms with E-state index in [0.29, 0.717) is 11.2 Å². The Hall–Kier alpha value is -5.23. The van der Waals surface area contributed by atoms with Crippen LogP contribution in [0.5, 0.6) is 0 Å². The molecule has 4 aromatic rings. The summed E-state index contributed by atoms with van der Waals surface area (Å²) in [5.74, 6) is -5.99. The van der Waals surface area contributed by atoms with E-state index >= 15 is 0 Å². The number of carboxylic acid groups (broad SMARTS) is 2. The molecule has 240 valence electrons. The lowest BCUT2D eigenvalue weighted by molar-refractivity contribution is -0.192. The Balaban J connectivity index is 0.000000591. The number of rotatable bonds is 5. The van der Waals surface area contributed by atoms with E-state index in [4.69, 9.17) is 15.0 Å². The topological polar surface area (TPSA) is 145 Å². The Bertz CT molecular complexity index is 1680. The third-order valence-corrected chi connectivity index (χ3v) is 6.47. The summed E-state index contributed by atoms with van der Waals surface area (Å²) in [6.45, 7) is -0.397. The SMILES string of the molecule is O=C(O)C(F)(F)F.O=C(O)N[C@H]1C[C@H](C(F)(F)F)CN(c2ccncc2Nc2ncc3ccc(-c4c(F)cccc4F)nn23)C1. The third kappa shape index (κ3) is 7.84. The maximum absolute atomic E-state index is 14.3. The van der Waals surface area contributed by atoms with E-state index in [1.807, 2.05) is 0 Å². The minimum absolute atomic E-state index is 0.00510. The highest BCUT2D eigenvalue weighted by molar-refractivity contribution is 5.74. The smallest absolute Gasteiger partial charge is 0.475 e. The number of imidazole rings is 1. The van der Waals surface area contributed by atoms with Gasteiger partial charge in [-0.3, -0.25) is 4.98 Å². The first-order valence-electron chi connectivity index (χ1n) is 12.7. The zero-order valence-corrected chi connectivity index (χ0v) is 22.4. The van der Waals surface area contributed by atoms with Crippen LogP contribution in [0.3, 0.4) is 0 Å². The van der Waals surface area contributed by atoms with Crippen molar-refractivity contribution in [2.45, 2.75) is 24.8 Å². The molecule has 1 aromatic carbocycles. The van der Waals surface area contributed by atoms with Gasteiger partial charge < -0.3 is 25.7 Å². The van der Waals surface area contributed by atoms with Crippen molar-refractivity contribution in [1.29, 1.82) is 0 Å². The van der Waals surface area contributed by atoms with Crippen molar-refractivity contribution in [1.82, 2.24) is 24.9 Å². The lowest BCUT2D eigenvalue weighted by atomic mass is 9.93. The molecule has 1 saturated heterocycles. The maximum Gasteiger partial charge on any atom is 0.490 e. The van der Waals surface area contributed by atoms with Gasteiger partial charge in [0.1, 0.15) is 11.6 Å². The Morgan fingerprint density at radius 2 is 1.60 bits per heavy atom. The van der Waals surface area contributed by atoms with Crippen molar-refractivity contribution in [3.05, 3.63) is 66.6 Å². The van der Waals surface area contributed by atoms with Crippen LogP contribution >= 0.6 is 0 Å². The number of hydrogen-bond acceptors (Lipinski definition) is 7. The number of aromatic nitrogens is 4. The van der Waals surface area contributed by atoms with E-state index < -0.39 is 54.6 Å². The molecular weight excluding hydrogens is 626 g/mol. The zero-order chi connectivity index (χ0) is 33.1. The average Bonchev–Trinajstić information content (AvgIpc) is 3.34. The molecule has 11 nitrogen and oxygen atoms in total. The van der Waals surface area contributed by atoms with Crippen LogP contribution in [0.25, 0.3) is 16.8 Å². The molecule has 1 aliphatic heterocycles. The summed E-state index contributed by atoms with van der Waals surface area (Å²) >= 11 is 0. The van der Waals surface area contributed by atoms with Gasteiger partial charge in [-0.1, -0.05) is 6.07 Å². The van der Waals surface area contributed by atoms with Gasteiger partial charge in [0.2, 0.25) is 5.95 Å². The second-order valence-electron chi connectivity index (χ2n) is 9.58. The third-order valence-electron chi connectivity index (χ3n) is 6.47. The number of fused-ring (bicyclic) bond motifs is 1. The summed E-state index contributed by atoms with van der Waals surface area (Å²) in [6, 6.07) is 7.01. The predicted octanol–water partition coefficient (Wildman–Crippen LogP) is 5.47. The first kappa shape index (κ1) is 32.7. The lowest BCUT2D eigenvalue weighted by Gasteiger charge is -2.40. The summed E-state index contributed by atoms with van der Waals surface area (Å²) in [4.78, 5) is 29.8. The highest BCUT2D eigenvalue weighted by Crippen LogP contribution is 2.37. The van der Waals surface area contributed by atoms with Crippen LogP contribution in [0.1, 0.15) is 6.42 Å². The number of anilines is 3. The van der Waals surface area contributed by atoms with E-state index in [9.17, 15) is 39.9 Å². The molecule has 1 amide bonds. The molecule has 45 heavy (non-hydrogen) atoms. The summed E-state index contributed by atoms with van der Waals surface area (Å²) in [5.41, 5.74) is 0.784. The van der Waals surface area contributed by atoms with Crippen LogP contribution in [0.2, 0.25) is 0 Å². The van der Waals surface area contributed by atoms with Gasteiger partial charge in [-0.25, -0.2) is 23.4 Å². The van der Waals surface area contributed by atoms with Crippen molar-refractivity contribution < 1.29 is 54.9 Å². The molecule has 5 rings (SSSR count). The van der Waals surface area contributed by atoms with Crippen LogP contribution in [0, 0.1) is 17.6 Å². The van der Waals surface area contributed by atoms with Crippen LogP contribution in [0.15, 0.2) is 55.0 Å². The highest BCUT2D eigenvalue weighted by atomic mass is 19.4. The summed E-state index contributed by atoms with van der Waals surface area (Å²) in [7, 11) is 0. The van der Waals surface area contributed by atoms with Crippen LogP contribution < -0.4 is 15.5 Å². The van der Waals surface area contributed by atoms with E-state index in [0.717, 1.165) is 12.1 Å². The number of benzene rings is 1. The van der Waals surface area contributed by atoms with Gasteiger partial charge in [0.25, 0.3) is 0 Å². The van der Waals surface area contributed by atoms with Crippen molar-refractivity contribution in [2.24, 2.45) is 5.92 Å². The first-order chi connectivity index (χ1) is 21.0. The summed E-state index contributed by atoms with van der Waals surface area (Å²) in [6.07, 6.45) is -7.17. The summed E-state index contributed by atoms with van der Waals surface area (Å²) in [5, 5.41) is 25.7. The number of piperidine rings is 1. The number of halogens is 8. The van der Waals surface area contributed by atoms with E-state index in [1.54, 1.807) is 6.07 Å². The van der Waals surface area contributed by atoms with Crippen molar-refractivity contribution in [3.8, 4) is 11.3 Å². The van der Waals surface area contributed by atoms with Gasteiger partial charge in [0, 0.05) is 19.3 Å². The van der Waals surface area contributed by atoms with Gasteiger partial charge in [-0.2, -0.15) is 36.0 Å². The van der Waals surface area contributed by atoms with Crippen molar-refractivity contribution in [3.63, 3.8) is 0 Å². The fourth-order valence-corrected chi connectivity index (χ4v) is 4.54. The van der Waals surface area contributed by atoms with E-state index in [2.05, 4.69) is 25.7 Å². The molecule has 0 radical (unpaired) electrons. The average molecular weight is 647 g/mol. The molecule has 0 unspecified atom stereocenters. The number of nitrogens with one attached hydrogen (secondary N) is 2. The molecule has 0 saturated carbocycles. The number of hydrogen-bond donors (Lipinski definition) is 4. The molecule has 4 N–H and O–H groups in total. The molecule has 0 spiro atoms. The second-order valence-corrected chi connectivity index (χ2v) is 9.58. The molecule has 3 aromatic heterocycles. The molecule has 19 heteroatoms. The number of amides is 1. The van der Waals surface area contributed by atoms with Crippen molar-refractivity contribution >= 4 is 34.9 Å². The van der Waals surface area contributed by atoms with Gasteiger partial charge in [0.15, 0.2) is 0 Å². The van der Waals surface area contributed by atoms with Crippen molar-refractivity contribution in [2.75, 3.05) is 23.3 Å². The molecule has 0 bridgehead atoms. The molecule has 1 aliphatic rings. The Morgan fingerprint density at radius 3 is 2.20 bits per heavy atom. The molecule has 1 fully saturated rings. The minimum atomic E-state index is -5.08. The summed E-state index contributed by atoms with van der Waals surface area (Å²) < 4.78 is 103. The number of alkyl halides is 6. The fraction of sp³-hybridized carbons (Fsp3) is 0.269. The Kier molecular flexibility index (Phi) is 9.29. The zero-order valence-electron chi connectivity index (χ0n) is 22.4. The van der Waals surface area contributed by atoms with E-state index in [1.165, 1.54) is 46.2 Å². The Morgan fingerprint density at radius 1 is 0.933 bits per heavy atom. The van der Waals surface area contributed by atoms with Gasteiger partial charge in [-0.15, -0.1) is 0 Å². The predicted molar refractivity (Wildman–Crippen MR) is 141 cm³/mol. The number of nitrogens with zero attached hydrogens (tertiary/aromatic N) is 5. The van der Waals surface area contributed by atoms with Gasteiger partial charge in [0.05, 0.1) is 52.5 Å².